The van der Waals surface area contributed by atoms with E-state index in [2.05, 4.69) is 35.5 Å². The van der Waals surface area contributed by atoms with E-state index < -0.39 is 0 Å². The van der Waals surface area contributed by atoms with Gasteiger partial charge in [0.05, 0.1) is 5.69 Å². The van der Waals surface area contributed by atoms with E-state index in [1.165, 1.54) is 0 Å². The third kappa shape index (κ3) is 3.34. The minimum absolute atomic E-state index is 0.759. The van der Waals surface area contributed by atoms with Crippen LogP contribution in [0.3, 0.4) is 0 Å². The molecule has 0 atom stereocenters. The van der Waals surface area contributed by atoms with E-state index in [1.54, 1.807) is 10.9 Å². The molecule has 0 aliphatic carbocycles. The maximum atomic E-state index is 4.71. The maximum Gasteiger partial charge on any atom is 0.159 e. The molecule has 0 N–H and O–H groups in total. The highest BCUT2D eigenvalue weighted by molar-refractivity contribution is 5.45. The monoisotopic (exact) mass is 374 g/mol. The van der Waals surface area contributed by atoms with Gasteiger partial charge in [-0.3, -0.25) is 4.90 Å². The number of nitrogens with zero attached hydrogens (tertiary/aromatic N) is 8. The number of fused-ring (bicyclic) bond motifs is 1. The fourth-order valence-electron chi connectivity index (χ4n) is 3.65. The molecule has 5 heterocycles. The number of aromatic nitrogens is 6. The highest BCUT2D eigenvalue weighted by Crippen LogP contribution is 2.18. The Balaban J connectivity index is 1.27. The van der Waals surface area contributed by atoms with Crippen LogP contribution in [0.5, 0.6) is 0 Å². The molecule has 142 valence electrons. The van der Waals surface area contributed by atoms with Crippen molar-refractivity contribution >= 4 is 11.5 Å². The lowest BCUT2D eigenvalue weighted by Gasteiger charge is -2.35. The van der Waals surface area contributed by atoms with E-state index in [9.17, 15) is 0 Å². The first-order chi connectivity index (χ1) is 13.7. The normalized spacial score (nSPS) is 15.4. The number of hydrogen-bond acceptors (Lipinski definition) is 6. The molecule has 1 fully saturated rings. The molecule has 8 nitrogen and oxygen atoms in total. The van der Waals surface area contributed by atoms with Crippen molar-refractivity contribution < 1.29 is 0 Å². The molecule has 1 aliphatic rings. The second-order valence-electron chi connectivity index (χ2n) is 7.04. The lowest BCUT2D eigenvalue weighted by atomic mass is 10.3. The quantitative estimate of drug-likeness (QED) is 0.544. The van der Waals surface area contributed by atoms with Crippen LogP contribution in [0, 0.1) is 6.92 Å². The molecule has 1 saturated heterocycles. The van der Waals surface area contributed by atoms with Crippen LogP contribution in [0.1, 0.15) is 11.5 Å². The Morgan fingerprint density at radius 3 is 2.57 bits per heavy atom. The Labute approximate surface area is 163 Å². The number of hydrogen-bond donors (Lipinski definition) is 0. The third-order valence-electron chi connectivity index (χ3n) is 5.05. The minimum Gasteiger partial charge on any atom is -0.354 e. The van der Waals surface area contributed by atoms with Gasteiger partial charge in [-0.2, -0.15) is 5.10 Å². The summed E-state index contributed by atoms with van der Waals surface area (Å²) < 4.78 is 3.85. The SMILES string of the molecule is Cc1nc(N2CCN(Cc3cn4ccccc4n3)CC2)cc(-n2cccn2)n1. The summed E-state index contributed by atoms with van der Waals surface area (Å²) in [5.41, 5.74) is 2.11. The number of anilines is 1. The molecular formula is C20H22N8. The van der Waals surface area contributed by atoms with E-state index in [4.69, 9.17) is 4.98 Å². The molecule has 0 aromatic carbocycles. The van der Waals surface area contributed by atoms with Gasteiger partial charge in [0.25, 0.3) is 0 Å². The van der Waals surface area contributed by atoms with Crippen molar-refractivity contribution in [3.8, 4) is 5.82 Å². The summed E-state index contributed by atoms with van der Waals surface area (Å²) in [6.07, 6.45) is 7.82. The van der Waals surface area contributed by atoms with E-state index in [0.29, 0.717) is 0 Å². The largest absolute Gasteiger partial charge is 0.354 e. The van der Waals surface area contributed by atoms with Gasteiger partial charge in [0.2, 0.25) is 0 Å². The molecule has 4 aromatic heterocycles. The lowest BCUT2D eigenvalue weighted by Crippen LogP contribution is -2.46. The van der Waals surface area contributed by atoms with Crippen LogP contribution in [0.25, 0.3) is 11.5 Å². The average molecular weight is 374 g/mol. The Bertz CT molecular complexity index is 1040. The zero-order valence-electron chi connectivity index (χ0n) is 15.8. The van der Waals surface area contributed by atoms with Gasteiger partial charge in [0, 0.05) is 63.6 Å². The predicted molar refractivity (Wildman–Crippen MR) is 107 cm³/mol. The molecule has 28 heavy (non-hydrogen) atoms. The van der Waals surface area contributed by atoms with Gasteiger partial charge in [-0.1, -0.05) is 6.07 Å². The molecule has 4 aromatic rings. The van der Waals surface area contributed by atoms with E-state index >= 15 is 0 Å². The zero-order valence-corrected chi connectivity index (χ0v) is 15.8. The summed E-state index contributed by atoms with van der Waals surface area (Å²) in [6.45, 7) is 6.62. The minimum atomic E-state index is 0.759. The number of piperazine rings is 1. The second-order valence-corrected chi connectivity index (χ2v) is 7.04. The first kappa shape index (κ1) is 16.9. The van der Waals surface area contributed by atoms with Crippen LogP contribution >= 0.6 is 0 Å². The van der Waals surface area contributed by atoms with Gasteiger partial charge in [0.1, 0.15) is 17.3 Å². The second kappa shape index (κ2) is 7.05. The number of aryl methyl sites for hydroxylation is 1. The number of rotatable bonds is 4. The van der Waals surface area contributed by atoms with Gasteiger partial charge in [0.15, 0.2) is 5.82 Å². The fraction of sp³-hybridized carbons (Fsp3) is 0.300. The summed E-state index contributed by atoms with van der Waals surface area (Å²) in [6, 6.07) is 9.99. The molecular weight excluding hydrogens is 352 g/mol. The van der Waals surface area contributed by atoms with Gasteiger partial charge in [-0.25, -0.2) is 19.6 Å². The van der Waals surface area contributed by atoms with E-state index in [-0.39, 0.29) is 0 Å². The van der Waals surface area contributed by atoms with Crippen LogP contribution in [0.2, 0.25) is 0 Å². The van der Waals surface area contributed by atoms with Crippen molar-refractivity contribution in [1.82, 2.24) is 34.0 Å². The third-order valence-corrected chi connectivity index (χ3v) is 5.05. The number of imidazole rings is 1. The predicted octanol–water partition coefficient (Wildman–Crippen LogP) is 1.94. The Morgan fingerprint density at radius 1 is 0.929 bits per heavy atom. The van der Waals surface area contributed by atoms with Crippen LogP contribution in [0.15, 0.2) is 55.1 Å². The Morgan fingerprint density at radius 2 is 1.79 bits per heavy atom. The molecule has 0 spiro atoms. The van der Waals surface area contributed by atoms with Crippen molar-refractivity contribution in [3.63, 3.8) is 0 Å². The summed E-state index contributed by atoms with van der Waals surface area (Å²) in [7, 11) is 0. The molecule has 0 amide bonds. The smallest absolute Gasteiger partial charge is 0.159 e. The summed E-state index contributed by atoms with van der Waals surface area (Å²) in [5.74, 6) is 2.53. The first-order valence-electron chi connectivity index (χ1n) is 9.50. The summed E-state index contributed by atoms with van der Waals surface area (Å²) >= 11 is 0. The van der Waals surface area contributed by atoms with Gasteiger partial charge in [-0.05, 0) is 25.1 Å². The van der Waals surface area contributed by atoms with Gasteiger partial charge < -0.3 is 9.30 Å². The van der Waals surface area contributed by atoms with Crippen molar-refractivity contribution in [3.05, 3.63) is 66.6 Å². The highest BCUT2D eigenvalue weighted by Gasteiger charge is 2.20. The fourth-order valence-corrected chi connectivity index (χ4v) is 3.65. The Kier molecular flexibility index (Phi) is 4.25. The topological polar surface area (TPSA) is 67.4 Å². The Hall–Kier alpha value is -3.26. The van der Waals surface area contributed by atoms with Crippen molar-refractivity contribution in [1.29, 1.82) is 0 Å². The molecule has 0 unspecified atom stereocenters. The molecule has 1 aliphatic heterocycles. The zero-order chi connectivity index (χ0) is 18.9. The molecule has 0 radical (unpaired) electrons. The van der Waals surface area contributed by atoms with Crippen LogP contribution in [-0.4, -0.2) is 60.2 Å². The van der Waals surface area contributed by atoms with Crippen molar-refractivity contribution in [2.45, 2.75) is 13.5 Å². The molecule has 0 saturated carbocycles. The van der Waals surface area contributed by atoms with Gasteiger partial charge >= 0.3 is 0 Å². The average Bonchev–Trinajstić information content (AvgIpc) is 3.37. The highest BCUT2D eigenvalue weighted by atomic mass is 15.3. The van der Waals surface area contributed by atoms with Gasteiger partial charge in [-0.15, -0.1) is 0 Å². The molecule has 5 rings (SSSR count). The lowest BCUT2D eigenvalue weighted by molar-refractivity contribution is 0.247. The number of pyridine rings is 1. The molecule has 0 bridgehead atoms. The summed E-state index contributed by atoms with van der Waals surface area (Å²) in [4.78, 5) is 18.6. The summed E-state index contributed by atoms with van der Waals surface area (Å²) in [5, 5.41) is 4.28. The van der Waals surface area contributed by atoms with E-state index in [0.717, 1.165) is 61.5 Å². The van der Waals surface area contributed by atoms with Crippen LogP contribution in [-0.2, 0) is 6.54 Å². The molecule has 8 heteroatoms. The standard InChI is InChI=1S/C20H22N8/c1-16-22-19(13-20(23-16)28-8-4-6-21-28)26-11-9-25(10-12-26)14-17-15-27-7-3-2-5-18(27)24-17/h2-8,13,15H,9-12,14H2,1H3. The van der Waals surface area contributed by atoms with Crippen LogP contribution < -0.4 is 4.90 Å². The first-order valence-corrected chi connectivity index (χ1v) is 9.50. The van der Waals surface area contributed by atoms with Crippen molar-refractivity contribution in [2.75, 3.05) is 31.1 Å². The van der Waals surface area contributed by atoms with Crippen LogP contribution in [0.4, 0.5) is 5.82 Å². The van der Waals surface area contributed by atoms with E-state index in [1.807, 2.05) is 49.6 Å². The van der Waals surface area contributed by atoms with Crippen molar-refractivity contribution in [2.24, 2.45) is 0 Å². The maximum absolute atomic E-state index is 4.71.